The molecule has 0 spiro atoms. The molecule has 3 aromatic rings. The van der Waals surface area contributed by atoms with Crippen LogP contribution in [-0.4, -0.2) is 17.7 Å². The van der Waals surface area contributed by atoms with Crippen LogP contribution in [0.3, 0.4) is 0 Å². The summed E-state index contributed by atoms with van der Waals surface area (Å²) in [6.07, 6.45) is 0.0557. The third-order valence-corrected chi connectivity index (χ3v) is 4.39. The Bertz CT molecular complexity index is 987. The lowest BCUT2D eigenvalue weighted by atomic mass is 10.0. The Hall–Kier alpha value is -3.93. The van der Waals surface area contributed by atoms with Crippen molar-refractivity contribution in [1.82, 2.24) is 5.32 Å². The van der Waals surface area contributed by atoms with Gasteiger partial charge in [0.1, 0.15) is 0 Å². The quantitative estimate of drug-likeness (QED) is 0.580. The van der Waals surface area contributed by atoms with Crippen LogP contribution in [0, 0.1) is 0 Å². The maximum atomic E-state index is 12.6. The van der Waals surface area contributed by atoms with Gasteiger partial charge in [-0.15, -0.1) is 0 Å². The lowest BCUT2D eigenvalue weighted by Crippen LogP contribution is -2.31. The van der Waals surface area contributed by atoms with Crippen LogP contribution < -0.4 is 16.4 Å². The first-order valence-electron chi connectivity index (χ1n) is 9.13. The Morgan fingerprint density at radius 3 is 1.93 bits per heavy atom. The van der Waals surface area contributed by atoms with Gasteiger partial charge in [0, 0.05) is 16.8 Å². The predicted octanol–water partition coefficient (Wildman–Crippen LogP) is 3.29. The van der Waals surface area contributed by atoms with Crippen LogP contribution in [-0.2, 0) is 4.79 Å². The number of hydrogen-bond acceptors (Lipinski definition) is 3. The average molecular weight is 387 g/mol. The molecule has 29 heavy (non-hydrogen) atoms. The summed E-state index contributed by atoms with van der Waals surface area (Å²) in [6, 6.07) is 24.0. The van der Waals surface area contributed by atoms with Gasteiger partial charge in [-0.1, -0.05) is 48.5 Å². The second kappa shape index (κ2) is 9.32. The maximum absolute atomic E-state index is 12.6. The van der Waals surface area contributed by atoms with Gasteiger partial charge in [-0.3, -0.25) is 14.4 Å². The first-order valence-corrected chi connectivity index (χ1v) is 9.13. The molecule has 0 aromatic heterocycles. The second-order valence-electron chi connectivity index (χ2n) is 6.50. The first-order chi connectivity index (χ1) is 14.0. The van der Waals surface area contributed by atoms with E-state index in [-0.39, 0.29) is 18.2 Å². The highest BCUT2D eigenvalue weighted by atomic mass is 16.2. The summed E-state index contributed by atoms with van der Waals surface area (Å²) >= 11 is 0. The number of rotatable bonds is 7. The fourth-order valence-corrected chi connectivity index (χ4v) is 2.88. The van der Waals surface area contributed by atoms with Crippen LogP contribution in [0.2, 0.25) is 0 Å². The Morgan fingerprint density at radius 2 is 1.34 bits per heavy atom. The zero-order valence-electron chi connectivity index (χ0n) is 15.7. The molecule has 0 aliphatic heterocycles. The van der Waals surface area contributed by atoms with E-state index in [1.54, 1.807) is 48.5 Å². The van der Waals surface area contributed by atoms with Crippen LogP contribution in [0.5, 0.6) is 0 Å². The van der Waals surface area contributed by atoms with E-state index in [9.17, 15) is 14.4 Å². The Morgan fingerprint density at radius 1 is 0.759 bits per heavy atom. The van der Waals surface area contributed by atoms with Crippen molar-refractivity contribution in [2.75, 3.05) is 5.32 Å². The number of carbonyl (C=O) groups excluding carboxylic acids is 3. The molecular weight excluding hydrogens is 366 g/mol. The van der Waals surface area contributed by atoms with Crippen LogP contribution >= 0.6 is 0 Å². The van der Waals surface area contributed by atoms with Gasteiger partial charge in [0.2, 0.25) is 11.8 Å². The number of primary amides is 1. The molecule has 4 N–H and O–H groups in total. The van der Waals surface area contributed by atoms with Crippen molar-refractivity contribution in [2.24, 2.45) is 5.73 Å². The molecule has 3 aromatic carbocycles. The van der Waals surface area contributed by atoms with E-state index in [4.69, 9.17) is 5.73 Å². The van der Waals surface area contributed by atoms with E-state index in [1.165, 1.54) is 0 Å². The van der Waals surface area contributed by atoms with Crippen molar-refractivity contribution in [3.63, 3.8) is 0 Å². The summed E-state index contributed by atoms with van der Waals surface area (Å²) in [5.74, 6) is -1.05. The van der Waals surface area contributed by atoms with Gasteiger partial charge in [0.25, 0.3) is 5.91 Å². The standard InChI is InChI=1S/C23H21N3O3/c24-22(28)17-11-13-19(14-12-17)25-21(27)15-20(16-7-3-1-4-8-16)26-23(29)18-9-5-2-6-10-18/h1-14,20H,15H2,(H2,24,28)(H,25,27)(H,26,29)/t20-/m0/s1. The highest BCUT2D eigenvalue weighted by Gasteiger charge is 2.19. The Labute approximate surface area is 168 Å². The third-order valence-electron chi connectivity index (χ3n) is 4.39. The molecule has 146 valence electrons. The Kier molecular flexibility index (Phi) is 6.37. The van der Waals surface area contributed by atoms with Crippen LogP contribution in [0.4, 0.5) is 5.69 Å². The lowest BCUT2D eigenvalue weighted by Gasteiger charge is -2.19. The zero-order chi connectivity index (χ0) is 20.6. The molecule has 0 radical (unpaired) electrons. The van der Waals surface area contributed by atoms with Crippen molar-refractivity contribution >= 4 is 23.4 Å². The molecule has 0 heterocycles. The SMILES string of the molecule is NC(=O)c1ccc(NC(=O)C[C@H](NC(=O)c2ccccc2)c2ccccc2)cc1. The number of carbonyl (C=O) groups is 3. The zero-order valence-corrected chi connectivity index (χ0v) is 15.7. The number of amides is 3. The Balaban J connectivity index is 1.71. The summed E-state index contributed by atoms with van der Waals surface area (Å²) in [4.78, 5) is 36.3. The highest BCUT2D eigenvalue weighted by molar-refractivity contribution is 5.96. The molecule has 0 unspecified atom stereocenters. The molecule has 0 bridgehead atoms. The number of nitrogens with one attached hydrogen (secondary N) is 2. The molecular formula is C23H21N3O3. The van der Waals surface area contributed by atoms with Gasteiger partial charge in [-0.2, -0.15) is 0 Å². The minimum Gasteiger partial charge on any atom is -0.366 e. The molecule has 3 amide bonds. The lowest BCUT2D eigenvalue weighted by molar-refractivity contribution is -0.116. The van der Waals surface area contributed by atoms with Gasteiger partial charge in [-0.25, -0.2) is 0 Å². The molecule has 1 atom stereocenters. The topological polar surface area (TPSA) is 101 Å². The predicted molar refractivity (Wildman–Crippen MR) is 111 cm³/mol. The fraction of sp³-hybridized carbons (Fsp3) is 0.0870. The van der Waals surface area contributed by atoms with Gasteiger partial charge >= 0.3 is 0 Å². The van der Waals surface area contributed by atoms with Gasteiger partial charge in [-0.05, 0) is 42.0 Å². The summed E-state index contributed by atoms with van der Waals surface area (Å²) in [5, 5.41) is 5.71. The highest BCUT2D eigenvalue weighted by Crippen LogP contribution is 2.19. The molecule has 6 nitrogen and oxygen atoms in total. The minimum atomic E-state index is -0.532. The van der Waals surface area contributed by atoms with Crippen LogP contribution in [0.15, 0.2) is 84.9 Å². The van der Waals surface area contributed by atoms with Crippen LogP contribution in [0.25, 0.3) is 0 Å². The molecule has 0 aliphatic carbocycles. The molecule has 0 aliphatic rings. The largest absolute Gasteiger partial charge is 0.366 e. The van der Waals surface area contributed by atoms with Gasteiger partial charge < -0.3 is 16.4 Å². The van der Waals surface area contributed by atoms with E-state index in [0.29, 0.717) is 16.8 Å². The van der Waals surface area contributed by atoms with E-state index in [0.717, 1.165) is 5.56 Å². The average Bonchev–Trinajstić information content (AvgIpc) is 2.75. The molecule has 0 saturated carbocycles. The second-order valence-corrected chi connectivity index (χ2v) is 6.50. The maximum Gasteiger partial charge on any atom is 0.251 e. The molecule has 0 saturated heterocycles. The van der Waals surface area contributed by atoms with Crippen molar-refractivity contribution in [3.8, 4) is 0 Å². The van der Waals surface area contributed by atoms with E-state index in [1.807, 2.05) is 36.4 Å². The molecule has 6 heteroatoms. The van der Waals surface area contributed by atoms with Gasteiger partial charge in [0.05, 0.1) is 12.5 Å². The minimum absolute atomic E-state index is 0.0557. The first kappa shape index (κ1) is 19.8. The number of nitrogens with two attached hydrogens (primary N) is 1. The number of anilines is 1. The van der Waals surface area contributed by atoms with Crippen LogP contribution in [0.1, 0.15) is 38.7 Å². The number of hydrogen-bond donors (Lipinski definition) is 3. The summed E-state index contributed by atoms with van der Waals surface area (Å²) in [5.41, 5.74) is 7.48. The van der Waals surface area contributed by atoms with E-state index in [2.05, 4.69) is 10.6 Å². The number of benzene rings is 3. The van der Waals surface area contributed by atoms with Crippen molar-refractivity contribution in [2.45, 2.75) is 12.5 Å². The fourth-order valence-electron chi connectivity index (χ4n) is 2.88. The van der Waals surface area contributed by atoms with Crippen molar-refractivity contribution in [3.05, 3.63) is 102 Å². The summed E-state index contributed by atoms with van der Waals surface area (Å²) < 4.78 is 0. The molecule has 3 rings (SSSR count). The normalized spacial score (nSPS) is 11.3. The molecule has 0 fully saturated rings. The smallest absolute Gasteiger partial charge is 0.251 e. The van der Waals surface area contributed by atoms with E-state index >= 15 is 0 Å². The van der Waals surface area contributed by atoms with Crippen molar-refractivity contribution < 1.29 is 14.4 Å². The van der Waals surface area contributed by atoms with Gasteiger partial charge in [0.15, 0.2) is 0 Å². The monoisotopic (exact) mass is 387 g/mol. The summed E-state index contributed by atoms with van der Waals surface area (Å²) in [7, 11) is 0. The van der Waals surface area contributed by atoms with E-state index < -0.39 is 11.9 Å². The summed E-state index contributed by atoms with van der Waals surface area (Å²) in [6.45, 7) is 0. The van der Waals surface area contributed by atoms with Crippen molar-refractivity contribution in [1.29, 1.82) is 0 Å². The third kappa shape index (κ3) is 5.52.